The number of ether oxygens (including phenoxy) is 2. The van der Waals surface area contributed by atoms with E-state index < -0.39 is 0 Å². The molecule has 6 heteroatoms. The maximum atomic E-state index is 12.6. The lowest BCUT2D eigenvalue weighted by Crippen LogP contribution is -2.13. The second-order valence-corrected chi connectivity index (χ2v) is 7.09. The van der Waals surface area contributed by atoms with Gasteiger partial charge in [-0.3, -0.25) is 4.79 Å². The normalized spacial score (nSPS) is 10.8. The van der Waals surface area contributed by atoms with E-state index in [9.17, 15) is 4.79 Å². The van der Waals surface area contributed by atoms with Gasteiger partial charge in [-0.25, -0.2) is 0 Å². The molecular formula is C20H23Cl2NO3. The standard InChI is InChI=1S/C20H23Cl2NO3/c1-4-26-19-8-5-14(9-15(19)12-25-11-13(2)3)20(24)23-18-7-6-16(21)10-17(18)22/h5-10,13H,4,11-12H2,1-3H3,(H,23,24). The average Bonchev–Trinajstić information content (AvgIpc) is 2.58. The van der Waals surface area contributed by atoms with Crippen LogP contribution in [0.2, 0.25) is 10.0 Å². The third-order valence-corrected chi connectivity index (χ3v) is 4.06. The molecule has 0 saturated heterocycles. The van der Waals surface area contributed by atoms with Crippen molar-refractivity contribution < 1.29 is 14.3 Å². The van der Waals surface area contributed by atoms with Crippen LogP contribution in [0.4, 0.5) is 5.69 Å². The molecule has 4 nitrogen and oxygen atoms in total. The van der Waals surface area contributed by atoms with Crippen LogP contribution in [0.25, 0.3) is 0 Å². The van der Waals surface area contributed by atoms with Gasteiger partial charge < -0.3 is 14.8 Å². The summed E-state index contributed by atoms with van der Waals surface area (Å²) >= 11 is 12.0. The summed E-state index contributed by atoms with van der Waals surface area (Å²) in [4.78, 5) is 12.6. The van der Waals surface area contributed by atoms with Crippen molar-refractivity contribution in [3.8, 4) is 5.75 Å². The lowest BCUT2D eigenvalue weighted by Gasteiger charge is -2.14. The highest BCUT2D eigenvalue weighted by atomic mass is 35.5. The first-order chi connectivity index (χ1) is 12.4. The number of amides is 1. The minimum absolute atomic E-state index is 0.262. The first-order valence-electron chi connectivity index (χ1n) is 8.50. The zero-order valence-corrected chi connectivity index (χ0v) is 16.7. The summed E-state index contributed by atoms with van der Waals surface area (Å²) in [6, 6.07) is 10.2. The molecule has 0 radical (unpaired) electrons. The molecule has 2 aromatic carbocycles. The van der Waals surface area contributed by atoms with Crippen LogP contribution >= 0.6 is 23.2 Å². The first kappa shape index (κ1) is 20.6. The van der Waals surface area contributed by atoms with Gasteiger partial charge in [0.25, 0.3) is 5.91 Å². The maximum absolute atomic E-state index is 12.6. The average molecular weight is 396 g/mol. The Morgan fingerprint density at radius 3 is 2.58 bits per heavy atom. The highest BCUT2D eigenvalue weighted by Crippen LogP contribution is 2.27. The minimum Gasteiger partial charge on any atom is -0.494 e. The number of rotatable bonds is 8. The molecule has 0 unspecified atom stereocenters. The molecule has 0 heterocycles. The Kier molecular flexibility index (Phi) is 7.76. The fourth-order valence-corrected chi connectivity index (χ4v) is 2.78. The Morgan fingerprint density at radius 1 is 1.15 bits per heavy atom. The number of carbonyl (C=O) groups is 1. The number of hydrogen-bond donors (Lipinski definition) is 1. The van der Waals surface area contributed by atoms with Crippen LogP contribution in [0.15, 0.2) is 36.4 Å². The summed E-state index contributed by atoms with van der Waals surface area (Å²) in [5.41, 5.74) is 1.84. The Labute approximate surface area is 164 Å². The topological polar surface area (TPSA) is 47.6 Å². The summed E-state index contributed by atoms with van der Waals surface area (Å²) in [7, 11) is 0. The fraction of sp³-hybridized carbons (Fsp3) is 0.350. The van der Waals surface area contributed by atoms with Gasteiger partial charge in [0.2, 0.25) is 0 Å². The lowest BCUT2D eigenvalue weighted by molar-refractivity contribution is 0.0948. The van der Waals surface area contributed by atoms with Crippen molar-refractivity contribution in [1.82, 2.24) is 0 Å². The van der Waals surface area contributed by atoms with Crippen molar-refractivity contribution in [2.45, 2.75) is 27.4 Å². The van der Waals surface area contributed by atoms with Crippen LogP contribution in [-0.2, 0) is 11.3 Å². The number of halogens is 2. The third-order valence-electron chi connectivity index (χ3n) is 3.51. The Hall–Kier alpha value is -1.75. The van der Waals surface area contributed by atoms with Crippen molar-refractivity contribution in [1.29, 1.82) is 0 Å². The van der Waals surface area contributed by atoms with E-state index in [1.54, 1.807) is 36.4 Å². The van der Waals surface area contributed by atoms with Crippen LogP contribution in [0.1, 0.15) is 36.7 Å². The maximum Gasteiger partial charge on any atom is 0.255 e. The molecule has 0 aromatic heterocycles. The largest absolute Gasteiger partial charge is 0.494 e. The fourth-order valence-electron chi connectivity index (χ4n) is 2.32. The lowest BCUT2D eigenvalue weighted by atomic mass is 10.1. The number of carbonyl (C=O) groups excluding carboxylic acids is 1. The zero-order valence-electron chi connectivity index (χ0n) is 15.1. The quantitative estimate of drug-likeness (QED) is 0.612. The highest BCUT2D eigenvalue weighted by Gasteiger charge is 2.13. The van der Waals surface area contributed by atoms with Crippen molar-refractivity contribution in [2.75, 3.05) is 18.5 Å². The second kappa shape index (κ2) is 9.81. The summed E-state index contributed by atoms with van der Waals surface area (Å²) in [5, 5.41) is 3.69. The van der Waals surface area contributed by atoms with E-state index in [0.29, 0.717) is 47.0 Å². The van der Waals surface area contributed by atoms with Gasteiger partial charge >= 0.3 is 0 Å². The molecular weight excluding hydrogens is 373 g/mol. The van der Waals surface area contributed by atoms with Gasteiger partial charge in [-0.2, -0.15) is 0 Å². The monoisotopic (exact) mass is 395 g/mol. The van der Waals surface area contributed by atoms with Crippen LogP contribution < -0.4 is 10.1 Å². The van der Waals surface area contributed by atoms with Crippen LogP contribution in [-0.4, -0.2) is 19.1 Å². The molecule has 0 fully saturated rings. The Balaban J connectivity index is 2.17. The molecule has 0 spiro atoms. The predicted molar refractivity (Wildman–Crippen MR) is 107 cm³/mol. The van der Waals surface area contributed by atoms with Gasteiger partial charge in [-0.15, -0.1) is 0 Å². The van der Waals surface area contributed by atoms with Gasteiger partial charge in [0.05, 0.1) is 23.9 Å². The molecule has 0 aliphatic heterocycles. The van der Waals surface area contributed by atoms with E-state index in [0.717, 1.165) is 11.3 Å². The number of nitrogens with one attached hydrogen (secondary N) is 1. The van der Waals surface area contributed by atoms with E-state index in [1.807, 2.05) is 6.92 Å². The molecule has 0 aliphatic carbocycles. The molecule has 1 amide bonds. The Bertz CT molecular complexity index is 763. The van der Waals surface area contributed by atoms with Gasteiger partial charge in [-0.05, 0) is 49.2 Å². The summed E-state index contributed by atoms with van der Waals surface area (Å²) < 4.78 is 11.3. The van der Waals surface area contributed by atoms with Crippen LogP contribution in [0.3, 0.4) is 0 Å². The summed E-state index contributed by atoms with van der Waals surface area (Å²) in [6.45, 7) is 7.66. The van der Waals surface area contributed by atoms with E-state index in [2.05, 4.69) is 19.2 Å². The summed E-state index contributed by atoms with van der Waals surface area (Å²) in [6.07, 6.45) is 0. The van der Waals surface area contributed by atoms with Crippen molar-refractivity contribution in [3.63, 3.8) is 0 Å². The van der Waals surface area contributed by atoms with E-state index >= 15 is 0 Å². The van der Waals surface area contributed by atoms with Crippen molar-refractivity contribution >= 4 is 34.8 Å². The minimum atomic E-state index is -0.262. The SMILES string of the molecule is CCOc1ccc(C(=O)Nc2ccc(Cl)cc2Cl)cc1COCC(C)C. The zero-order chi connectivity index (χ0) is 19.1. The van der Waals surface area contributed by atoms with Gasteiger partial charge in [0, 0.05) is 22.8 Å². The Morgan fingerprint density at radius 2 is 1.92 bits per heavy atom. The molecule has 0 saturated carbocycles. The second-order valence-electron chi connectivity index (χ2n) is 6.24. The van der Waals surface area contributed by atoms with Crippen molar-refractivity contribution in [2.24, 2.45) is 5.92 Å². The van der Waals surface area contributed by atoms with Gasteiger partial charge in [0.1, 0.15) is 5.75 Å². The smallest absolute Gasteiger partial charge is 0.255 e. The molecule has 0 atom stereocenters. The van der Waals surface area contributed by atoms with Crippen LogP contribution in [0, 0.1) is 5.92 Å². The van der Waals surface area contributed by atoms with E-state index in [4.69, 9.17) is 32.7 Å². The highest BCUT2D eigenvalue weighted by molar-refractivity contribution is 6.36. The molecule has 0 bridgehead atoms. The van der Waals surface area contributed by atoms with E-state index in [-0.39, 0.29) is 5.91 Å². The summed E-state index contributed by atoms with van der Waals surface area (Å²) in [5.74, 6) is 0.892. The van der Waals surface area contributed by atoms with Crippen molar-refractivity contribution in [3.05, 3.63) is 57.6 Å². The number of benzene rings is 2. The third kappa shape index (κ3) is 5.90. The van der Waals surface area contributed by atoms with Crippen LogP contribution in [0.5, 0.6) is 5.75 Å². The molecule has 1 N–H and O–H groups in total. The molecule has 2 rings (SSSR count). The number of anilines is 1. The molecule has 2 aromatic rings. The predicted octanol–water partition coefficient (Wildman–Crippen LogP) is 5.82. The molecule has 140 valence electrons. The first-order valence-corrected chi connectivity index (χ1v) is 9.26. The van der Waals surface area contributed by atoms with E-state index in [1.165, 1.54) is 0 Å². The molecule has 26 heavy (non-hydrogen) atoms. The van der Waals surface area contributed by atoms with Gasteiger partial charge in [0.15, 0.2) is 0 Å². The number of hydrogen-bond acceptors (Lipinski definition) is 3. The van der Waals surface area contributed by atoms with Gasteiger partial charge in [-0.1, -0.05) is 37.0 Å². The molecule has 0 aliphatic rings.